The van der Waals surface area contributed by atoms with Crippen LogP contribution in [-0.2, 0) is 32.7 Å². The van der Waals surface area contributed by atoms with Gasteiger partial charge in [-0.15, -0.1) is 0 Å². The van der Waals surface area contributed by atoms with Crippen LogP contribution in [0.25, 0.3) is 0 Å². The first-order chi connectivity index (χ1) is 24.7. The molecule has 0 radical (unpaired) electrons. The van der Waals surface area contributed by atoms with Crippen molar-refractivity contribution in [2.45, 2.75) is 206 Å². The molecule has 0 bridgehead atoms. The molecule has 0 aliphatic carbocycles. The number of allylic oxidation sites excluding steroid dienone is 2. The van der Waals surface area contributed by atoms with E-state index >= 15 is 0 Å². The first-order valence-electron chi connectivity index (χ1n) is 20.6. The zero-order valence-electron chi connectivity index (χ0n) is 32.6. The molecule has 0 aliphatic rings. The largest absolute Gasteiger partial charge is 0.472 e. The number of aliphatic hydroxyl groups is 2. The smallest absolute Gasteiger partial charge is 0.462 e. The number of rotatable bonds is 39. The third-order valence-electron chi connectivity index (χ3n) is 8.92. The lowest BCUT2D eigenvalue weighted by atomic mass is 10.0. The Hall–Kier alpha value is -1.29. The number of hydrogen-bond acceptors (Lipinski definition) is 9. The molecule has 0 rings (SSSR count). The molecule has 3 N–H and O–H groups in total. The number of unbranched alkanes of at least 4 members (excludes halogenated alkanes) is 23. The lowest BCUT2D eigenvalue weighted by Gasteiger charge is -2.20. The Balaban J connectivity index is 4.14. The summed E-state index contributed by atoms with van der Waals surface area (Å²) in [5.74, 6) is -0.926. The molecule has 0 aromatic carbocycles. The second-order valence-corrected chi connectivity index (χ2v) is 15.5. The van der Waals surface area contributed by atoms with Crippen molar-refractivity contribution in [3.05, 3.63) is 12.2 Å². The van der Waals surface area contributed by atoms with Crippen LogP contribution in [0.15, 0.2) is 12.2 Å². The first-order valence-corrected chi connectivity index (χ1v) is 22.1. The molecule has 0 spiro atoms. The summed E-state index contributed by atoms with van der Waals surface area (Å²) in [6.45, 7) is 2.33. The lowest BCUT2D eigenvalue weighted by molar-refractivity contribution is -0.161. The summed E-state index contributed by atoms with van der Waals surface area (Å²) in [6.07, 6.45) is 33.5. The molecular formula is C40H77O10P. The minimum Gasteiger partial charge on any atom is -0.462 e. The number of carbonyl (C=O) groups is 2. The number of esters is 2. The summed E-state index contributed by atoms with van der Waals surface area (Å²) in [5.41, 5.74) is 0. The van der Waals surface area contributed by atoms with E-state index in [9.17, 15) is 24.2 Å². The molecule has 0 saturated heterocycles. The third kappa shape index (κ3) is 36.8. The molecule has 10 nitrogen and oxygen atoms in total. The van der Waals surface area contributed by atoms with Crippen molar-refractivity contribution in [3.8, 4) is 0 Å². The fourth-order valence-corrected chi connectivity index (χ4v) is 6.48. The second-order valence-electron chi connectivity index (χ2n) is 14.0. The Morgan fingerprint density at radius 1 is 0.569 bits per heavy atom. The van der Waals surface area contributed by atoms with Gasteiger partial charge in [0.2, 0.25) is 0 Å². The van der Waals surface area contributed by atoms with Crippen molar-refractivity contribution in [3.63, 3.8) is 0 Å². The van der Waals surface area contributed by atoms with Gasteiger partial charge in [0.1, 0.15) is 12.7 Å². The van der Waals surface area contributed by atoms with Crippen LogP contribution in [0.4, 0.5) is 0 Å². The SMILES string of the molecule is CCCCCCCC/C=C/CCCCCCCCCCCCCC(=O)O[C@H](COC(=O)CCCCCCCCC)COP(=O)(O)OC[C@@H](O)CO. The second kappa shape index (κ2) is 37.0. The number of ether oxygens (including phenoxy) is 2. The molecule has 3 atom stereocenters. The monoisotopic (exact) mass is 749 g/mol. The van der Waals surface area contributed by atoms with E-state index in [0.29, 0.717) is 12.8 Å². The zero-order chi connectivity index (χ0) is 37.7. The fourth-order valence-electron chi connectivity index (χ4n) is 5.69. The molecule has 302 valence electrons. The van der Waals surface area contributed by atoms with Gasteiger partial charge in [-0.1, -0.05) is 154 Å². The van der Waals surface area contributed by atoms with Gasteiger partial charge in [0.05, 0.1) is 19.8 Å². The molecule has 0 heterocycles. The van der Waals surface area contributed by atoms with Crippen molar-refractivity contribution >= 4 is 19.8 Å². The van der Waals surface area contributed by atoms with E-state index in [2.05, 4.69) is 30.5 Å². The number of carbonyl (C=O) groups excluding carboxylic acids is 2. The average Bonchev–Trinajstić information content (AvgIpc) is 3.12. The van der Waals surface area contributed by atoms with Gasteiger partial charge in [-0.05, 0) is 38.5 Å². The highest BCUT2D eigenvalue weighted by molar-refractivity contribution is 7.47. The van der Waals surface area contributed by atoms with Crippen LogP contribution in [0.1, 0.15) is 194 Å². The van der Waals surface area contributed by atoms with Crippen LogP contribution in [0, 0.1) is 0 Å². The van der Waals surface area contributed by atoms with Crippen LogP contribution >= 0.6 is 7.82 Å². The van der Waals surface area contributed by atoms with E-state index in [-0.39, 0.29) is 19.4 Å². The van der Waals surface area contributed by atoms with Crippen LogP contribution in [0.5, 0.6) is 0 Å². The molecule has 0 aliphatic heterocycles. The molecule has 0 aromatic rings. The Morgan fingerprint density at radius 3 is 1.41 bits per heavy atom. The van der Waals surface area contributed by atoms with E-state index in [1.54, 1.807) is 0 Å². The summed E-state index contributed by atoms with van der Waals surface area (Å²) in [7, 11) is -4.60. The molecule has 0 amide bonds. The van der Waals surface area contributed by atoms with E-state index in [4.69, 9.17) is 19.1 Å². The van der Waals surface area contributed by atoms with Gasteiger partial charge in [0.15, 0.2) is 6.10 Å². The summed E-state index contributed by atoms with van der Waals surface area (Å²) in [5, 5.41) is 18.3. The van der Waals surface area contributed by atoms with Crippen LogP contribution in [0.3, 0.4) is 0 Å². The van der Waals surface area contributed by atoms with Gasteiger partial charge in [0.25, 0.3) is 0 Å². The van der Waals surface area contributed by atoms with Gasteiger partial charge in [0, 0.05) is 12.8 Å². The predicted octanol–water partition coefficient (Wildman–Crippen LogP) is 10.4. The van der Waals surface area contributed by atoms with Crippen LogP contribution in [-0.4, -0.2) is 65.7 Å². The van der Waals surface area contributed by atoms with Gasteiger partial charge in [-0.2, -0.15) is 0 Å². The van der Waals surface area contributed by atoms with Crippen LogP contribution < -0.4 is 0 Å². The van der Waals surface area contributed by atoms with Gasteiger partial charge >= 0.3 is 19.8 Å². The number of phosphoric ester groups is 1. The zero-order valence-corrected chi connectivity index (χ0v) is 33.5. The summed E-state index contributed by atoms with van der Waals surface area (Å²) >= 11 is 0. The number of hydrogen-bond donors (Lipinski definition) is 3. The fraction of sp³-hybridized carbons (Fsp3) is 0.900. The minimum absolute atomic E-state index is 0.187. The Labute approximate surface area is 311 Å². The average molecular weight is 749 g/mol. The van der Waals surface area contributed by atoms with Gasteiger partial charge in [-0.25, -0.2) is 4.57 Å². The molecule has 0 saturated carbocycles. The Morgan fingerprint density at radius 2 is 0.961 bits per heavy atom. The topological polar surface area (TPSA) is 149 Å². The predicted molar refractivity (Wildman–Crippen MR) is 205 cm³/mol. The van der Waals surface area contributed by atoms with Gasteiger partial charge in [-0.3, -0.25) is 18.6 Å². The van der Waals surface area contributed by atoms with E-state index in [1.807, 2.05) is 0 Å². The van der Waals surface area contributed by atoms with Crippen molar-refractivity contribution in [2.75, 3.05) is 26.4 Å². The Bertz CT molecular complexity index is 868. The van der Waals surface area contributed by atoms with Crippen LogP contribution in [0.2, 0.25) is 0 Å². The Kier molecular flexibility index (Phi) is 36.1. The van der Waals surface area contributed by atoms with E-state index < -0.39 is 51.8 Å². The molecular weight excluding hydrogens is 671 g/mol. The quantitative estimate of drug-likeness (QED) is 0.0240. The minimum atomic E-state index is -4.60. The highest BCUT2D eigenvalue weighted by Crippen LogP contribution is 2.43. The standard InChI is InChI=1S/C40H77O10P/c1-3-5-7-9-11-12-13-14-15-16-17-18-19-20-21-22-23-24-26-28-30-32-40(44)50-38(36-49-51(45,46)48-34-37(42)33-41)35-47-39(43)31-29-27-25-10-8-6-4-2/h14-15,37-38,41-42H,3-13,16-36H2,1-2H3,(H,45,46)/b15-14+/t37-,38+/m0/s1. The molecule has 11 heteroatoms. The maximum absolute atomic E-state index is 12.6. The maximum Gasteiger partial charge on any atom is 0.472 e. The number of aliphatic hydroxyl groups excluding tert-OH is 2. The van der Waals surface area contributed by atoms with Crippen molar-refractivity contribution in [2.24, 2.45) is 0 Å². The van der Waals surface area contributed by atoms with Crippen molar-refractivity contribution < 1.29 is 47.8 Å². The number of phosphoric acid groups is 1. The maximum atomic E-state index is 12.6. The van der Waals surface area contributed by atoms with Gasteiger partial charge < -0.3 is 24.6 Å². The molecule has 51 heavy (non-hydrogen) atoms. The normalized spacial score (nSPS) is 14.1. The first kappa shape index (κ1) is 49.7. The highest BCUT2D eigenvalue weighted by Gasteiger charge is 2.27. The van der Waals surface area contributed by atoms with E-state index in [1.165, 1.54) is 116 Å². The molecule has 1 unspecified atom stereocenters. The lowest BCUT2D eigenvalue weighted by Crippen LogP contribution is -2.29. The summed E-state index contributed by atoms with van der Waals surface area (Å²) < 4.78 is 32.5. The molecule has 0 fully saturated rings. The van der Waals surface area contributed by atoms with Crippen molar-refractivity contribution in [1.82, 2.24) is 0 Å². The highest BCUT2D eigenvalue weighted by atomic mass is 31.2. The van der Waals surface area contributed by atoms with E-state index in [0.717, 1.165) is 38.5 Å². The molecule has 0 aromatic heterocycles. The third-order valence-corrected chi connectivity index (χ3v) is 9.87. The summed E-state index contributed by atoms with van der Waals surface area (Å²) in [4.78, 5) is 34.7. The summed E-state index contributed by atoms with van der Waals surface area (Å²) in [6, 6.07) is 0. The van der Waals surface area contributed by atoms with Crippen molar-refractivity contribution in [1.29, 1.82) is 0 Å².